The molecule has 0 spiro atoms. The van der Waals surface area contributed by atoms with Crippen molar-refractivity contribution in [1.29, 1.82) is 0 Å². The van der Waals surface area contributed by atoms with Gasteiger partial charge in [-0.15, -0.1) is 5.00 Å². The summed E-state index contributed by atoms with van der Waals surface area (Å²) in [5.41, 5.74) is 0. The minimum atomic E-state index is 0.271. The van der Waals surface area contributed by atoms with E-state index in [1.54, 1.807) is 0 Å². The van der Waals surface area contributed by atoms with Crippen LogP contribution < -0.4 is 5.00 Å². The molecule has 0 amide bonds. The number of halogens is 1. The van der Waals surface area contributed by atoms with E-state index in [-0.39, 0.29) is 6.10 Å². The molecule has 0 aromatic rings. The third-order valence-electron chi connectivity index (χ3n) is 1.28. The molecule has 0 fully saturated rings. The molecule has 0 radical (unpaired) electrons. The quantitative estimate of drug-likeness (QED) is 0.481. The van der Waals surface area contributed by atoms with Gasteiger partial charge in [0.1, 0.15) is 0 Å². The third kappa shape index (κ3) is 4.70. The van der Waals surface area contributed by atoms with Crippen molar-refractivity contribution in [3.63, 3.8) is 0 Å². The van der Waals surface area contributed by atoms with Gasteiger partial charge in [-0.2, -0.15) is 0 Å². The standard InChI is InChI=1S/C6H14ClNO/c1-3-5-6(4-2)9-8-7/h6,8H,3-5H2,1-2H3/t6-/m0/s1. The molecule has 0 aromatic carbocycles. The van der Waals surface area contributed by atoms with Crippen molar-refractivity contribution in [2.75, 3.05) is 0 Å². The van der Waals surface area contributed by atoms with Gasteiger partial charge in [0, 0.05) is 11.8 Å². The van der Waals surface area contributed by atoms with Crippen LogP contribution in [0.15, 0.2) is 0 Å². The first-order chi connectivity index (χ1) is 4.35. The molecule has 0 aliphatic rings. The van der Waals surface area contributed by atoms with Crippen LogP contribution in [0, 0.1) is 0 Å². The van der Waals surface area contributed by atoms with Gasteiger partial charge in [0.15, 0.2) is 0 Å². The average Bonchev–Trinajstić information content (AvgIpc) is 1.88. The topological polar surface area (TPSA) is 21.3 Å². The van der Waals surface area contributed by atoms with E-state index < -0.39 is 0 Å². The second kappa shape index (κ2) is 6.33. The van der Waals surface area contributed by atoms with Crippen LogP contribution in [-0.2, 0) is 4.84 Å². The lowest BCUT2D eigenvalue weighted by molar-refractivity contribution is 0.0110. The predicted molar refractivity (Wildman–Crippen MR) is 39.1 cm³/mol. The molecule has 3 heteroatoms. The fourth-order valence-electron chi connectivity index (χ4n) is 0.731. The second-order valence-corrected chi connectivity index (χ2v) is 2.17. The molecule has 0 heterocycles. The predicted octanol–water partition coefficient (Wildman–Crippen LogP) is 2.24. The summed E-state index contributed by atoms with van der Waals surface area (Å²) in [7, 11) is 0. The molecule has 0 saturated heterocycles. The SMILES string of the molecule is CCC[C@H](CC)ONCl. The Kier molecular flexibility index (Phi) is 6.48. The first-order valence-electron chi connectivity index (χ1n) is 3.36. The Balaban J connectivity index is 3.18. The van der Waals surface area contributed by atoms with Crippen LogP contribution in [0.3, 0.4) is 0 Å². The smallest absolute Gasteiger partial charge is 0.0803 e. The summed E-state index contributed by atoms with van der Waals surface area (Å²) in [6, 6.07) is 0. The van der Waals surface area contributed by atoms with Crippen LogP contribution in [-0.4, -0.2) is 6.10 Å². The maximum Gasteiger partial charge on any atom is 0.0803 e. The van der Waals surface area contributed by atoms with Crippen molar-refractivity contribution in [2.45, 2.75) is 39.2 Å². The summed E-state index contributed by atoms with van der Waals surface area (Å²) < 4.78 is 0. The highest BCUT2D eigenvalue weighted by Crippen LogP contribution is 2.03. The summed E-state index contributed by atoms with van der Waals surface area (Å²) in [4.78, 5) is 7.12. The largest absolute Gasteiger partial charge is 0.283 e. The lowest BCUT2D eigenvalue weighted by Gasteiger charge is -2.10. The number of hydrogen-bond donors (Lipinski definition) is 1. The molecule has 9 heavy (non-hydrogen) atoms. The molecule has 0 bridgehead atoms. The Labute approximate surface area is 61.6 Å². The van der Waals surface area contributed by atoms with Gasteiger partial charge in [-0.05, 0) is 12.8 Å². The van der Waals surface area contributed by atoms with Crippen LogP contribution in [0.1, 0.15) is 33.1 Å². The number of nitrogens with one attached hydrogen (secondary N) is 1. The van der Waals surface area contributed by atoms with Gasteiger partial charge in [0.25, 0.3) is 0 Å². The molecular formula is C6H14ClNO. The molecule has 1 N–H and O–H groups in total. The van der Waals surface area contributed by atoms with Gasteiger partial charge < -0.3 is 0 Å². The van der Waals surface area contributed by atoms with E-state index in [0.29, 0.717) is 0 Å². The lowest BCUT2D eigenvalue weighted by Crippen LogP contribution is -2.16. The van der Waals surface area contributed by atoms with Crippen molar-refractivity contribution < 1.29 is 4.84 Å². The zero-order valence-corrected chi connectivity index (χ0v) is 6.74. The lowest BCUT2D eigenvalue weighted by atomic mass is 10.2. The Bertz CT molecular complexity index is 55.0. The maximum absolute atomic E-state index is 5.14. The monoisotopic (exact) mass is 151 g/mol. The van der Waals surface area contributed by atoms with Crippen molar-refractivity contribution >= 4 is 11.8 Å². The molecule has 0 saturated carbocycles. The van der Waals surface area contributed by atoms with Crippen molar-refractivity contribution in [3.05, 3.63) is 0 Å². The van der Waals surface area contributed by atoms with Crippen LogP contribution in [0.5, 0.6) is 0 Å². The molecular weight excluding hydrogens is 138 g/mol. The number of hydrogen-bond acceptors (Lipinski definition) is 2. The van der Waals surface area contributed by atoms with E-state index in [1.165, 1.54) is 0 Å². The van der Waals surface area contributed by atoms with E-state index in [9.17, 15) is 0 Å². The van der Waals surface area contributed by atoms with E-state index in [2.05, 4.69) is 18.8 Å². The van der Waals surface area contributed by atoms with Gasteiger partial charge in [-0.1, -0.05) is 20.3 Å². The Morgan fingerprint density at radius 1 is 1.56 bits per heavy atom. The highest BCUT2D eigenvalue weighted by molar-refractivity contribution is 6.12. The summed E-state index contributed by atoms with van der Waals surface area (Å²) in [6.45, 7) is 4.20. The minimum absolute atomic E-state index is 0.271. The van der Waals surface area contributed by atoms with Gasteiger partial charge >= 0.3 is 0 Å². The van der Waals surface area contributed by atoms with Gasteiger partial charge in [0.05, 0.1) is 6.10 Å². The molecule has 56 valence electrons. The van der Waals surface area contributed by atoms with Gasteiger partial charge in [-0.25, -0.2) is 0 Å². The van der Waals surface area contributed by atoms with Crippen LogP contribution in [0.25, 0.3) is 0 Å². The van der Waals surface area contributed by atoms with Crippen molar-refractivity contribution in [2.24, 2.45) is 0 Å². The van der Waals surface area contributed by atoms with E-state index >= 15 is 0 Å². The van der Waals surface area contributed by atoms with Crippen LogP contribution in [0.2, 0.25) is 0 Å². The minimum Gasteiger partial charge on any atom is -0.283 e. The molecule has 1 atom stereocenters. The van der Waals surface area contributed by atoms with E-state index in [0.717, 1.165) is 19.3 Å². The van der Waals surface area contributed by atoms with Crippen molar-refractivity contribution in [3.8, 4) is 0 Å². The van der Waals surface area contributed by atoms with E-state index in [4.69, 9.17) is 16.6 Å². The van der Waals surface area contributed by atoms with E-state index in [1.807, 2.05) is 0 Å². The zero-order valence-electron chi connectivity index (χ0n) is 5.98. The number of rotatable bonds is 5. The zero-order chi connectivity index (χ0) is 7.11. The van der Waals surface area contributed by atoms with Crippen molar-refractivity contribution in [1.82, 2.24) is 5.00 Å². The molecule has 2 nitrogen and oxygen atoms in total. The first-order valence-corrected chi connectivity index (χ1v) is 3.74. The second-order valence-electron chi connectivity index (χ2n) is 2.01. The summed E-state index contributed by atoms with van der Waals surface area (Å²) in [6.07, 6.45) is 3.48. The van der Waals surface area contributed by atoms with Gasteiger partial charge in [-0.3, -0.25) is 4.84 Å². The van der Waals surface area contributed by atoms with Crippen LogP contribution in [0.4, 0.5) is 0 Å². The normalized spacial score (nSPS) is 13.7. The summed E-state index contributed by atoms with van der Waals surface area (Å²) >= 11 is 5.14. The molecule has 0 rings (SSSR count). The van der Waals surface area contributed by atoms with Gasteiger partial charge in [0.2, 0.25) is 0 Å². The fraction of sp³-hybridized carbons (Fsp3) is 1.00. The highest BCUT2D eigenvalue weighted by atomic mass is 35.5. The average molecular weight is 152 g/mol. The summed E-state index contributed by atoms with van der Waals surface area (Å²) in [5.74, 6) is 0. The Hall–Kier alpha value is 0.210. The Morgan fingerprint density at radius 3 is 2.56 bits per heavy atom. The third-order valence-corrected chi connectivity index (χ3v) is 1.37. The van der Waals surface area contributed by atoms with Crippen LogP contribution >= 0.6 is 11.8 Å². The molecule has 0 aromatic heterocycles. The fourth-order valence-corrected chi connectivity index (χ4v) is 0.857. The summed E-state index contributed by atoms with van der Waals surface area (Å²) in [5, 5.41) is 0. The molecule has 0 aliphatic heterocycles. The molecule has 0 unspecified atom stereocenters. The first kappa shape index (κ1) is 9.21. The molecule has 0 aliphatic carbocycles. The maximum atomic E-state index is 5.14. The highest BCUT2D eigenvalue weighted by Gasteiger charge is 2.02. The Morgan fingerprint density at radius 2 is 2.22 bits per heavy atom.